The van der Waals surface area contributed by atoms with Gasteiger partial charge in [-0.25, -0.2) is 0 Å². The molecule has 0 amide bonds. The van der Waals surface area contributed by atoms with Crippen molar-refractivity contribution in [1.29, 1.82) is 0 Å². The van der Waals surface area contributed by atoms with Crippen LogP contribution in [0, 0.1) is 0 Å². The minimum absolute atomic E-state index is 0.627. The lowest BCUT2D eigenvalue weighted by atomic mass is 9.95. The fraction of sp³-hybridized carbons (Fsp3) is 0.684. The summed E-state index contributed by atoms with van der Waals surface area (Å²) in [6.07, 6.45) is 7.86. The molecule has 1 N–H and O–H groups in total. The van der Waals surface area contributed by atoms with Crippen molar-refractivity contribution in [2.45, 2.75) is 64.5 Å². The number of hydrogen-bond donors (Lipinski definition) is 1. The van der Waals surface area contributed by atoms with E-state index < -0.39 is 0 Å². The van der Waals surface area contributed by atoms with E-state index in [2.05, 4.69) is 54.4 Å². The summed E-state index contributed by atoms with van der Waals surface area (Å²) in [7, 11) is 0. The second-order valence-electron chi connectivity index (χ2n) is 6.43. The van der Waals surface area contributed by atoms with Crippen LogP contribution in [0.4, 0.5) is 0 Å². The molecule has 1 aliphatic heterocycles. The number of piperidine rings is 1. The van der Waals surface area contributed by atoms with Gasteiger partial charge in [-0.1, -0.05) is 43.7 Å². The van der Waals surface area contributed by atoms with Crippen molar-refractivity contribution in [1.82, 2.24) is 10.2 Å². The van der Waals surface area contributed by atoms with Gasteiger partial charge >= 0.3 is 0 Å². The molecule has 2 heteroatoms. The van der Waals surface area contributed by atoms with E-state index in [0.717, 1.165) is 12.6 Å². The van der Waals surface area contributed by atoms with Gasteiger partial charge in [-0.05, 0) is 64.2 Å². The Kier molecular flexibility index (Phi) is 7.25. The van der Waals surface area contributed by atoms with Crippen molar-refractivity contribution >= 4 is 0 Å². The van der Waals surface area contributed by atoms with Crippen LogP contribution in [0.15, 0.2) is 30.3 Å². The van der Waals surface area contributed by atoms with Crippen molar-refractivity contribution in [2.24, 2.45) is 0 Å². The highest BCUT2D eigenvalue weighted by molar-refractivity contribution is 5.14. The maximum Gasteiger partial charge on any atom is 0.0246 e. The second-order valence-corrected chi connectivity index (χ2v) is 6.43. The number of hydrogen-bond acceptors (Lipinski definition) is 2. The van der Waals surface area contributed by atoms with Crippen LogP contribution in [0.2, 0.25) is 0 Å². The Hall–Kier alpha value is -0.860. The van der Waals surface area contributed by atoms with E-state index >= 15 is 0 Å². The van der Waals surface area contributed by atoms with Gasteiger partial charge in [0.25, 0.3) is 0 Å². The first-order chi connectivity index (χ1) is 10.3. The summed E-state index contributed by atoms with van der Waals surface area (Å²) in [6.45, 7) is 8.30. The Morgan fingerprint density at radius 1 is 1.24 bits per heavy atom. The highest BCUT2D eigenvalue weighted by atomic mass is 15.2. The zero-order chi connectivity index (χ0) is 14.9. The van der Waals surface area contributed by atoms with E-state index in [1.807, 2.05) is 0 Å². The molecule has 1 heterocycles. The summed E-state index contributed by atoms with van der Waals surface area (Å²) < 4.78 is 0. The standard InChI is InChI=1S/C19H32N2/c1-3-14-20-17(2)19-13-7-8-15-21(19)16-9-12-18-10-5-4-6-11-18/h4-6,10-11,17,19-20H,3,7-9,12-16H2,1-2H3. The van der Waals surface area contributed by atoms with Crippen LogP contribution >= 0.6 is 0 Å². The smallest absolute Gasteiger partial charge is 0.0246 e. The van der Waals surface area contributed by atoms with Gasteiger partial charge in [0.2, 0.25) is 0 Å². The number of nitrogens with one attached hydrogen (secondary N) is 1. The number of rotatable bonds is 8. The van der Waals surface area contributed by atoms with Crippen LogP contribution in [-0.2, 0) is 6.42 Å². The van der Waals surface area contributed by atoms with Gasteiger partial charge in [0.1, 0.15) is 0 Å². The molecule has 0 bridgehead atoms. The highest BCUT2D eigenvalue weighted by Crippen LogP contribution is 2.20. The van der Waals surface area contributed by atoms with Gasteiger partial charge in [-0.15, -0.1) is 0 Å². The maximum absolute atomic E-state index is 3.70. The molecule has 1 aromatic rings. The Morgan fingerprint density at radius 3 is 2.81 bits per heavy atom. The maximum atomic E-state index is 3.70. The fourth-order valence-corrected chi connectivity index (χ4v) is 3.50. The van der Waals surface area contributed by atoms with Crippen molar-refractivity contribution in [3.05, 3.63) is 35.9 Å². The second kappa shape index (κ2) is 9.22. The molecule has 1 fully saturated rings. The average molecular weight is 288 g/mol. The molecule has 2 rings (SSSR count). The van der Waals surface area contributed by atoms with Crippen molar-refractivity contribution in [3.8, 4) is 0 Å². The lowest BCUT2D eigenvalue weighted by molar-refractivity contribution is 0.118. The van der Waals surface area contributed by atoms with Crippen LogP contribution in [-0.4, -0.2) is 36.6 Å². The van der Waals surface area contributed by atoms with E-state index in [1.165, 1.54) is 57.2 Å². The Morgan fingerprint density at radius 2 is 2.05 bits per heavy atom. The fourth-order valence-electron chi connectivity index (χ4n) is 3.50. The number of benzene rings is 1. The number of nitrogens with zero attached hydrogens (tertiary/aromatic N) is 1. The Labute approximate surface area is 130 Å². The molecule has 2 unspecified atom stereocenters. The lowest BCUT2D eigenvalue weighted by Crippen LogP contribution is -2.51. The van der Waals surface area contributed by atoms with Gasteiger partial charge in [0.15, 0.2) is 0 Å². The Bertz CT molecular complexity index is 376. The zero-order valence-electron chi connectivity index (χ0n) is 13.9. The number of aryl methyl sites for hydroxylation is 1. The molecule has 1 aliphatic rings. The molecule has 2 nitrogen and oxygen atoms in total. The third kappa shape index (κ3) is 5.44. The average Bonchev–Trinajstić information content (AvgIpc) is 2.54. The van der Waals surface area contributed by atoms with Crippen molar-refractivity contribution < 1.29 is 0 Å². The van der Waals surface area contributed by atoms with Gasteiger partial charge < -0.3 is 5.32 Å². The van der Waals surface area contributed by atoms with Crippen LogP contribution in [0.1, 0.15) is 51.5 Å². The molecule has 1 saturated heterocycles. The summed E-state index contributed by atoms with van der Waals surface area (Å²) in [6, 6.07) is 12.3. The quantitative estimate of drug-likeness (QED) is 0.781. The highest BCUT2D eigenvalue weighted by Gasteiger charge is 2.26. The van der Waals surface area contributed by atoms with Crippen LogP contribution < -0.4 is 5.32 Å². The van der Waals surface area contributed by atoms with Crippen LogP contribution in [0.3, 0.4) is 0 Å². The molecule has 0 saturated carbocycles. The van der Waals surface area contributed by atoms with E-state index in [-0.39, 0.29) is 0 Å². The van der Waals surface area contributed by atoms with E-state index in [0.29, 0.717) is 6.04 Å². The molecule has 0 aliphatic carbocycles. The summed E-state index contributed by atoms with van der Waals surface area (Å²) in [5.74, 6) is 0. The first-order valence-corrected chi connectivity index (χ1v) is 8.82. The SMILES string of the molecule is CCCNC(C)C1CCCCN1CCCc1ccccc1. The third-order valence-electron chi connectivity index (χ3n) is 4.71. The van der Waals surface area contributed by atoms with E-state index in [4.69, 9.17) is 0 Å². The zero-order valence-corrected chi connectivity index (χ0v) is 13.9. The van der Waals surface area contributed by atoms with E-state index in [9.17, 15) is 0 Å². The topological polar surface area (TPSA) is 15.3 Å². The van der Waals surface area contributed by atoms with E-state index in [1.54, 1.807) is 0 Å². The van der Waals surface area contributed by atoms with Crippen LogP contribution in [0.5, 0.6) is 0 Å². The summed E-state index contributed by atoms with van der Waals surface area (Å²) in [5.41, 5.74) is 1.48. The monoisotopic (exact) mass is 288 g/mol. The van der Waals surface area contributed by atoms with Crippen molar-refractivity contribution in [3.63, 3.8) is 0 Å². The predicted molar refractivity (Wildman–Crippen MR) is 91.7 cm³/mol. The van der Waals surface area contributed by atoms with Gasteiger partial charge in [-0.2, -0.15) is 0 Å². The molecule has 2 atom stereocenters. The molecule has 0 radical (unpaired) electrons. The minimum atomic E-state index is 0.627. The first kappa shape index (κ1) is 16.5. The van der Waals surface area contributed by atoms with Gasteiger partial charge in [0, 0.05) is 12.1 Å². The van der Waals surface area contributed by atoms with Crippen LogP contribution in [0.25, 0.3) is 0 Å². The van der Waals surface area contributed by atoms with Crippen molar-refractivity contribution in [2.75, 3.05) is 19.6 Å². The molecule has 0 spiro atoms. The minimum Gasteiger partial charge on any atom is -0.313 e. The summed E-state index contributed by atoms with van der Waals surface area (Å²) in [4.78, 5) is 2.74. The lowest BCUT2D eigenvalue weighted by Gasteiger charge is -2.39. The molecule has 21 heavy (non-hydrogen) atoms. The molecule has 0 aromatic heterocycles. The third-order valence-corrected chi connectivity index (χ3v) is 4.71. The molecular formula is C19H32N2. The van der Waals surface area contributed by atoms with Gasteiger partial charge in [-0.3, -0.25) is 4.90 Å². The molecule has 1 aromatic carbocycles. The molecular weight excluding hydrogens is 256 g/mol. The first-order valence-electron chi connectivity index (χ1n) is 8.82. The number of likely N-dealkylation sites (tertiary alicyclic amines) is 1. The van der Waals surface area contributed by atoms with Gasteiger partial charge in [0.05, 0.1) is 0 Å². The predicted octanol–water partition coefficient (Wildman–Crippen LogP) is 3.86. The Balaban J connectivity index is 1.78. The summed E-state index contributed by atoms with van der Waals surface area (Å²) >= 11 is 0. The summed E-state index contributed by atoms with van der Waals surface area (Å²) in [5, 5.41) is 3.70. The normalized spacial score (nSPS) is 21.3. The largest absolute Gasteiger partial charge is 0.313 e. The molecule has 118 valence electrons.